The first-order chi connectivity index (χ1) is 13.2. The predicted octanol–water partition coefficient (Wildman–Crippen LogP) is 3.40. The van der Waals surface area contributed by atoms with Gasteiger partial charge in [0.2, 0.25) is 5.91 Å². The summed E-state index contributed by atoms with van der Waals surface area (Å²) in [6.45, 7) is 5.89. The third-order valence-electron chi connectivity index (χ3n) is 5.41. The standard InChI is InChI=1S/C23H30N2O2/c1-19-18-25(16-15-24(19)14-13-20-7-4-3-5-8-20)23(26)12-11-21-9-6-10-22(17-21)27-2/h3-10,17,19H,11-16,18H2,1-2H3. The van der Waals surface area contributed by atoms with Gasteiger partial charge in [-0.05, 0) is 43.0 Å². The van der Waals surface area contributed by atoms with Crippen molar-refractivity contribution in [3.8, 4) is 5.75 Å². The Bertz CT molecular complexity index is 732. The van der Waals surface area contributed by atoms with Gasteiger partial charge in [0.05, 0.1) is 7.11 Å². The lowest BCUT2D eigenvalue weighted by atomic mass is 10.1. The van der Waals surface area contributed by atoms with Gasteiger partial charge in [-0.25, -0.2) is 0 Å². The van der Waals surface area contributed by atoms with Crippen LogP contribution in [0.25, 0.3) is 0 Å². The third kappa shape index (κ3) is 5.57. The van der Waals surface area contributed by atoms with Crippen molar-refractivity contribution in [3.05, 3.63) is 65.7 Å². The molecule has 1 aliphatic heterocycles. The zero-order chi connectivity index (χ0) is 19.1. The fraction of sp³-hybridized carbons (Fsp3) is 0.435. The fourth-order valence-electron chi connectivity index (χ4n) is 3.71. The molecule has 144 valence electrons. The summed E-state index contributed by atoms with van der Waals surface area (Å²) in [6.07, 6.45) is 2.39. The number of carbonyl (C=O) groups excluding carboxylic acids is 1. The highest BCUT2D eigenvalue weighted by molar-refractivity contribution is 5.76. The number of hydrogen-bond acceptors (Lipinski definition) is 3. The van der Waals surface area contributed by atoms with Gasteiger partial charge in [0.25, 0.3) is 0 Å². The van der Waals surface area contributed by atoms with Gasteiger partial charge in [-0.3, -0.25) is 9.69 Å². The van der Waals surface area contributed by atoms with Crippen LogP contribution >= 0.6 is 0 Å². The number of methoxy groups -OCH3 is 1. The van der Waals surface area contributed by atoms with E-state index in [4.69, 9.17) is 4.74 Å². The van der Waals surface area contributed by atoms with Crippen molar-refractivity contribution in [2.75, 3.05) is 33.3 Å². The Kier molecular flexibility index (Phi) is 6.88. The molecular weight excluding hydrogens is 336 g/mol. The molecule has 0 saturated carbocycles. The lowest BCUT2D eigenvalue weighted by Gasteiger charge is -2.40. The summed E-state index contributed by atoms with van der Waals surface area (Å²) < 4.78 is 5.26. The molecule has 27 heavy (non-hydrogen) atoms. The molecule has 1 saturated heterocycles. The third-order valence-corrected chi connectivity index (χ3v) is 5.41. The summed E-state index contributed by atoms with van der Waals surface area (Å²) in [5, 5.41) is 0. The van der Waals surface area contributed by atoms with Gasteiger partial charge >= 0.3 is 0 Å². The smallest absolute Gasteiger partial charge is 0.222 e. The molecule has 4 nitrogen and oxygen atoms in total. The highest BCUT2D eigenvalue weighted by atomic mass is 16.5. The minimum absolute atomic E-state index is 0.257. The Morgan fingerprint density at radius 3 is 2.56 bits per heavy atom. The molecule has 1 heterocycles. The Morgan fingerprint density at radius 2 is 1.81 bits per heavy atom. The van der Waals surface area contributed by atoms with Crippen LogP contribution in [-0.2, 0) is 17.6 Å². The Labute approximate surface area is 162 Å². The molecule has 0 spiro atoms. The van der Waals surface area contributed by atoms with Crippen molar-refractivity contribution in [2.45, 2.75) is 32.2 Å². The van der Waals surface area contributed by atoms with Gasteiger partial charge in [-0.1, -0.05) is 42.5 Å². The summed E-state index contributed by atoms with van der Waals surface area (Å²) in [6, 6.07) is 19.0. The van der Waals surface area contributed by atoms with Gasteiger partial charge in [0.1, 0.15) is 5.75 Å². The maximum absolute atomic E-state index is 12.6. The topological polar surface area (TPSA) is 32.8 Å². The summed E-state index contributed by atoms with van der Waals surface area (Å²) in [5.41, 5.74) is 2.53. The van der Waals surface area contributed by atoms with Crippen LogP contribution in [0.15, 0.2) is 54.6 Å². The maximum atomic E-state index is 12.6. The van der Waals surface area contributed by atoms with Crippen LogP contribution < -0.4 is 4.74 Å². The number of nitrogens with zero attached hydrogens (tertiary/aromatic N) is 2. The van der Waals surface area contributed by atoms with Gasteiger partial charge < -0.3 is 9.64 Å². The van der Waals surface area contributed by atoms with Crippen LogP contribution in [0.4, 0.5) is 0 Å². The first-order valence-electron chi connectivity index (χ1n) is 9.84. The molecule has 1 fully saturated rings. The molecule has 0 N–H and O–H groups in total. The number of benzene rings is 2. The van der Waals surface area contributed by atoms with E-state index in [0.29, 0.717) is 12.5 Å². The van der Waals surface area contributed by atoms with Crippen LogP contribution in [-0.4, -0.2) is 55.0 Å². The first kappa shape index (κ1) is 19.4. The zero-order valence-corrected chi connectivity index (χ0v) is 16.4. The van der Waals surface area contributed by atoms with E-state index >= 15 is 0 Å². The minimum Gasteiger partial charge on any atom is -0.497 e. The van der Waals surface area contributed by atoms with E-state index in [9.17, 15) is 4.79 Å². The van der Waals surface area contributed by atoms with E-state index in [0.717, 1.165) is 50.3 Å². The van der Waals surface area contributed by atoms with Crippen LogP contribution in [0.5, 0.6) is 5.75 Å². The van der Waals surface area contributed by atoms with E-state index in [1.54, 1.807) is 7.11 Å². The number of piperazine rings is 1. The molecule has 1 aliphatic rings. The zero-order valence-electron chi connectivity index (χ0n) is 16.4. The van der Waals surface area contributed by atoms with Crippen molar-refractivity contribution >= 4 is 5.91 Å². The van der Waals surface area contributed by atoms with E-state index in [1.807, 2.05) is 23.1 Å². The molecule has 1 amide bonds. The second-order valence-electron chi connectivity index (χ2n) is 7.31. The number of rotatable bonds is 7. The molecule has 1 atom stereocenters. The van der Waals surface area contributed by atoms with Gasteiger partial charge in [0, 0.05) is 38.6 Å². The lowest BCUT2D eigenvalue weighted by molar-refractivity contribution is -0.134. The molecule has 0 aliphatic carbocycles. The maximum Gasteiger partial charge on any atom is 0.222 e. The SMILES string of the molecule is COc1cccc(CCC(=O)N2CCN(CCc3ccccc3)C(C)C2)c1. The molecule has 0 radical (unpaired) electrons. The van der Waals surface area contributed by atoms with E-state index in [-0.39, 0.29) is 5.91 Å². The molecule has 3 rings (SSSR count). The van der Waals surface area contributed by atoms with Crippen molar-refractivity contribution in [3.63, 3.8) is 0 Å². The number of ether oxygens (including phenoxy) is 1. The largest absolute Gasteiger partial charge is 0.497 e. The summed E-state index contributed by atoms with van der Waals surface area (Å²) in [4.78, 5) is 17.2. The predicted molar refractivity (Wildman–Crippen MR) is 109 cm³/mol. The van der Waals surface area contributed by atoms with Gasteiger partial charge in [0.15, 0.2) is 0 Å². The van der Waals surface area contributed by atoms with Crippen LogP contribution in [0, 0.1) is 0 Å². The van der Waals surface area contributed by atoms with Crippen molar-refractivity contribution < 1.29 is 9.53 Å². The highest BCUT2D eigenvalue weighted by Gasteiger charge is 2.26. The average Bonchev–Trinajstić information content (AvgIpc) is 2.72. The molecule has 4 heteroatoms. The Hall–Kier alpha value is -2.33. The van der Waals surface area contributed by atoms with E-state index < -0.39 is 0 Å². The van der Waals surface area contributed by atoms with Crippen LogP contribution in [0.1, 0.15) is 24.5 Å². The van der Waals surface area contributed by atoms with Gasteiger partial charge in [-0.2, -0.15) is 0 Å². The quantitative estimate of drug-likeness (QED) is 0.753. The van der Waals surface area contributed by atoms with Crippen LogP contribution in [0.3, 0.4) is 0 Å². The number of carbonyl (C=O) groups is 1. The van der Waals surface area contributed by atoms with Crippen molar-refractivity contribution in [2.24, 2.45) is 0 Å². The van der Waals surface area contributed by atoms with E-state index in [1.165, 1.54) is 5.56 Å². The normalized spacial score (nSPS) is 17.7. The summed E-state index contributed by atoms with van der Waals surface area (Å²) >= 11 is 0. The average molecular weight is 367 g/mol. The molecular formula is C23H30N2O2. The van der Waals surface area contributed by atoms with Crippen molar-refractivity contribution in [1.29, 1.82) is 0 Å². The molecule has 0 aromatic heterocycles. The molecule has 2 aromatic rings. The lowest BCUT2D eigenvalue weighted by Crippen LogP contribution is -2.54. The van der Waals surface area contributed by atoms with Crippen LogP contribution in [0.2, 0.25) is 0 Å². The van der Waals surface area contributed by atoms with E-state index in [2.05, 4.69) is 48.2 Å². The second-order valence-corrected chi connectivity index (χ2v) is 7.31. The Balaban J connectivity index is 1.44. The first-order valence-corrected chi connectivity index (χ1v) is 9.84. The number of aryl methyl sites for hydroxylation is 1. The molecule has 1 unspecified atom stereocenters. The molecule has 0 bridgehead atoms. The monoisotopic (exact) mass is 366 g/mol. The number of hydrogen-bond donors (Lipinski definition) is 0. The number of amides is 1. The molecule has 2 aromatic carbocycles. The summed E-state index contributed by atoms with van der Waals surface area (Å²) in [5.74, 6) is 1.10. The summed E-state index contributed by atoms with van der Waals surface area (Å²) in [7, 11) is 1.67. The second kappa shape index (κ2) is 9.56. The Morgan fingerprint density at radius 1 is 1.04 bits per heavy atom. The highest BCUT2D eigenvalue weighted by Crippen LogP contribution is 2.16. The van der Waals surface area contributed by atoms with Gasteiger partial charge in [-0.15, -0.1) is 0 Å². The minimum atomic E-state index is 0.257. The van der Waals surface area contributed by atoms with Crippen molar-refractivity contribution in [1.82, 2.24) is 9.80 Å². The fourth-order valence-corrected chi connectivity index (χ4v) is 3.71.